The van der Waals surface area contributed by atoms with Crippen molar-refractivity contribution in [1.29, 1.82) is 0 Å². The molecule has 5 nitrogen and oxygen atoms in total. The Morgan fingerprint density at radius 1 is 0.545 bits per heavy atom. The summed E-state index contributed by atoms with van der Waals surface area (Å²) in [5.41, 5.74) is 9.55. The molecule has 2 aliphatic rings. The number of pyridine rings is 1. The molecule has 324 valence electrons. The SMILES string of the molecule is [2H]C1([2H])CCCC([2H])([2H])C1(c1ccccc1)c1ccnc(-n2c3[c-]c(Oc4[c-]c(N5[CH-]N(c6c(-c7ccccc7)cccc6-c6ccccc6)c6ccccc65)ccc4)ccc3c3ccccc32)c1.[Pt]. The normalized spacial score (nSPS) is 16.7. The monoisotopic (exact) mass is 1040 g/mol. The summed E-state index contributed by atoms with van der Waals surface area (Å²) < 4.78 is 46.7. The molecule has 0 unspecified atom stereocenters. The van der Waals surface area contributed by atoms with Gasteiger partial charge in [0.2, 0.25) is 0 Å². The van der Waals surface area contributed by atoms with E-state index in [9.17, 15) is 5.48 Å². The molecule has 10 aromatic rings. The van der Waals surface area contributed by atoms with Gasteiger partial charge in [0, 0.05) is 83.4 Å². The van der Waals surface area contributed by atoms with Crippen molar-refractivity contribution in [2.75, 3.05) is 9.80 Å². The maximum atomic E-state index is 9.51. The molecular formula is C60H45N4OPt-3. The predicted octanol–water partition coefficient (Wildman–Crippen LogP) is 15.6. The van der Waals surface area contributed by atoms with Gasteiger partial charge in [0.25, 0.3) is 0 Å². The molecule has 12 rings (SSSR count). The summed E-state index contributed by atoms with van der Waals surface area (Å²) in [7, 11) is 0. The molecule has 0 N–H and O–H groups in total. The first-order valence-electron chi connectivity index (χ1n) is 24.2. The zero-order valence-corrected chi connectivity index (χ0v) is 38.1. The van der Waals surface area contributed by atoms with Crippen LogP contribution >= 0.6 is 0 Å². The number of anilines is 4. The molecule has 6 heteroatoms. The standard InChI is InChI=1S/C60H45N4O.Pt/c1-5-19-43(20-6-1)50-28-18-29-51(44-21-7-2-8-22-44)59(50)63-42-62(55-31-13-14-32-56(55)63)47-25-17-26-48(40-47)65-49-33-34-53-52-27-11-12-30-54(52)64(57(53)41-49)58-39-46(35-38-61-58)60(36-15-4-16-37-60)45-23-9-3-10-24-45;/h1-3,5-14,17-35,38-39,42H,4,15-16,36-37H2;/q-3;/i36D2,37D2;. The van der Waals surface area contributed by atoms with Crippen LogP contribution in [-0.4, -0.2) is 9.55 Å². The van der Waals surface area contributed by atoms with Gasteiger partial charge in [-0.05, 0) is 70.7 Å². The average molecular weight is 1040 g/mol. The number of rotatable bonds is 9. The van der Waals surface area contributed by atoms with Gasteiger partial charge >= 0.3 is 0 Å². The molecule has 0 bridgehead atoms. The van der Waals surface area contributed by atoms with Gasteiger partial charge in [-0.3, -0.25) is 0 Å². The second-order valence-electron chi connectivity index (χ2n) is 16.4. The summed E-state index contributed by atoms with van der Waals surface area (Å²) in [6.07, 6.45) is -1.18. The fraction of sp³-hybridized carbons (Fsp3) is 0.100. The van der Waals surface area contributed by atoms with E-state index in [4.69, 9.17) is 9.72 Å². The summed E-state index contributed by atoms with van der Waals surface area (Å²) in [6, 6.07) is 74.1. The first-order valence-corrected chi connectivity index (χ1v) is 22.2. The summed E-state index contributed by atoms with van der Waals surface area (Å²) in [5.74, 6) is 1.52. The van der Waals surface area contributed by atoms with Crippen molar-refractivity contribution in [2.24, 2.45) is 0 Å². The molecule has 0 radical (unpaired) electrons. The Labute approximate surface area is 406 Å². The van der Waals surface area contributed by atoms with Gasteiger partial charge in [0.05, 0.1) is 0 Å². The Bertz CT molecular complexity index is 3460. The number of aromatic nitrogens is 2. The topological polar surface area (TPSA) is 33.5 Å². The van der Waals surface area contributed by atoms with Crippen LogP contribution in [0, 0.1) is 18.8 Å². The fourth-order valence-electron chi connectivity index (χ4n) is 9.65. The van der Waals surface area contributed by atoms with Gasteiger partial charge < -0.3 is 19.1 Å². The number of hydrogen-bond acceptors (Lipinski definition) is 4. The van der Waals surface area contributed by atoms with Gasteiger partial charge in [0.15, 0.2) is 0 Å². The minimum Gasteiger partial charge on any atom is -0.509 e. The first-order chi connectivity index (χ1) is 33.7. The Morgan fingerprint density at radius 3 is 1.89 bits per heavy atom. The number of ether oxygens (including phenoxy) is 1. The molecular weight excluding hydrogens is 988 g/mol. The van der Waals surface area contributed by atoms with E-state index >= 15 is 0 Å². The van der Waals surface area contributed by atoms with Crippen LogP contribution in [0.2, 0.25) is 0 Å². The van der Waals surface area contributed by atoms with Crippen molar-refractivity contribution in [1.82, 2.24) is 9.55 Å². The second-order valence-corrected chi connectivity index (χ2v) is 16.4. The molecule has 0 amide bonds. The van der Waals surface area contributed by atoms with Gasteiger partial charge in [-0.1, -0.05) is 164 Å². The summed E-state index contributed by atoms with van der Waals surface area (Å²) in [4.78, 5) is 9.33. The Morgan fingerprint density at radius 2 is 1.17 bits per heavy atom. The fourth-order valence-corrected chi connectivity index (χ4v) is 9.65. The number of nitrogens with zero attached hydrogens (tertiary/aromatic N) is 4. The quantitative estimate of drug-likeness (QED) is 0.135. The van der Waals surface area contributed by atoms with Crippen molar-refractivity contribution in [3.05, 3.63) is 236 Å². The average Bonchev–Trinajstić information content (AvgIpc) is 3.93. The maximum Gasteiger partial charge on any atom is 0.135 e. The number of para-hydroxylation sites is 4. The molecule has 0 atom stereocenters. The van der Waals surface area contributed by atoms with E-state index in [2.05, 4.69) is 126 Å². The van der Waals surface area contributed by atoms with Crippen molar-refractivity contribution in [3.8, 4) is 39.6 Å². The number of benzene rings is 8. The van der Waals surface area contributed by atoms with Crippen LogP contribution < -0.4 is 14.5 Å². The largest absolute Gasteiger partial charge is 0.509 e. The van der Waals surface area contributed by atoms with Crippen LogP contribution in [0.4, 0.5) is 22.7 Å². The number of fused-ring (bicyclic) bond motifs is 4. The molecule has 1 fully saturated rings. The Kier molecular flexibility index (Phi) is 9.91. The minimum atomic E-state index is -1.89. The smallest absolute Gasteiger partial charge is 0.135 e. The molecule has 1 aliphatic carbocycles. The summed E-state index contributed by atoms with van der Waals surface area (Å²) in [5, 5.41) is 1.94. The van der Waals surface area contributed by atoms with E-state index in [-0.39, 0.29) is 33.9 Å². The molecule has 1 aliphatic heterocycles. The van der Waals surface area contributed by atoms with Crippen molar-refractivity contribution in [2.45, 2.75) is 37.4 Å². The van der Waals surface area contributed by atoms with Crippen LogP contribution in [0.1, 0.15) is 48.6 Å². The maximum absolute atomic E-state index is 9.51. The molecule has 3 heterocycles. The zero-order valence-electron chi connectivity index (χ0n) is 39.8. The molecule has 0 spiro atoms. The molecule has 2 aromatic heterocycles. The third-order valence-electron chi connectivity index (χ3n) is 12.6. The first kappa shape index (κ1) is 37.1. The van der Waals surface area contributed by atoms with Crippen LogP contribution in [0.15, 0.2) is 206 Å². The van der Waals surface area contributed by atoms with Crippen molar-refractivity contribution >= 4 is 44.6 Å². The third kappa shape index (κ3) is 7.29. The van der Waals surface area contributed by atoms with E-state index in [1.54, 1.807) is 12.3 Å². The van der Waals surface area contributed by atoms with Crippen LogP contribution in [-0.2, 0) is 26.5 Å². The predicted molar refractivity (Wildman–Crippen MR) is 265 cm³/mol. The summed E-state index contributed by atoms with van der Waals surface area (Å²) >= 11 is 0. The second kappa shape index (κ2) is 17.6. The van der Waals surface area contributed by atoms with Crippen LogP contribution in [0.25, 0.3) is 49.9 Å². The van der Waals surface area contributed by atoms with E-state index in [0.717, 1.165) is 66.8 Å². The molecule has 0 saturated heterocycles. The molecule has 66 heavy (non-hydrogen) atoms. The Balaban J connectivity index is 0.00000533. The van der Waals surface area contributed by atoms with E-state index in [1.165, 1.54) is 0 Å². The van der Waals surface area contributed by atoms with Crippen molar-refractivity contribution in [3.63, 3.8) is 0 Å². The van der Waals surface area contributed by atoms with Crippen LogP contribution in [0.5, 0.6) is 11.5 Å². The molecule has 1 saturated carbocycles. The van der Waals surface area contributed by atoms with Crippen molar-refractivity contribution < 1.29 is 31.3 Å². The Hall–Kier alpha value is -7.20. The number of hydrogen-bond donors (Lipinski definition) is 0. The van der Waals surface area contributed by atoms with E-state index < -0.39 is 18.2 Å². The molecule has 8 aromatic carbocycles. The summed E-state index contributed by atoms with van der Waals surface area (Å²) in [6.45, 7) is 2.14. The van der Waals surface area contributed by atoms with Gasteiger partial charge in [-0.25, -0.2) is 4.98 Å². The van der Waals surface area contributed by atoms with Crippen LogP contribution in [0.3, 0.4) is 0 Å². The zero-order chi connectivity index (χ0) is 46.7. The van der Waals surface area contributed by atoms with Gasteiger partial charge in [-0.2, -0.15) is 12.1 Å². The van der Waals surface area contributed by atoms with Gasteiger partial charge in [0.1, 0.15) is 5.82 Å². The van der Waals surface area contributed by atoms with Gasteiger partial charge in [-0.15, -0.1) is 48.1 Å². The third-order valence-corrected chi connectivity index (χ3v) is 12.6. The minimum absolute atomic E-state index is 0. The van der Waals surface area contributed by atoms with E-state index in [1.807, 2.05) is 102 Å². The van der Waals surface area contributed by atoms with E-state index in [0.29, 0.717) is 34.9 Å².